The Bertz CT molecular complexity index is 784. The number of carboxylic acids is 1. The van der Waals surface area contributed by atoms with Crippen LogP contribution in [0.15, 0.2) is 17.0 Å². The van der Waals surface area contributed by atoms with Crippen molar-refractivity contribution in [3.05, 3.63) is 28.8 Å². The molecule has 0 aliphatic carbocycles. The zero-order valence-corrected chi connectivity index (χ0v) is 15.2. The quantitative estimate of drug-likeness (QED) is 0.898. The number of hydrogen-bond acceptors (Lipinski definition) is 4. The molecule has 132 valence electrons. The summed E-state index contributed by atoms with van der Waals surface area (Å²) in [5.41, 5.74) is 1.77. The topological polar surface area (TPSA) is 91.8 Å². The number of carbonyl (C=O) groups excluding carboxylic acids is 1. The van der Waals surface area contributed by atoms with Crippen LogP contribution in [0.25, 0.3) is 0 Å². The molecule has 0 aromatic heterocycles. The van der Waals surface area contributed by atoms with E-state index in [0.29, 0.717) is 24.9 Å². The lowest BCUT2D eigenvalue weighted by Gasteiger charge is -2.38. The minimum Gasteiger partial charge on any atom is -0.481 e. The van der Waals surface area contributed by atoms with E-state index >= 15 is 0 Å². The number of aryl methyl sites for hydroxylation is 1. The van der Waals surface area contributed by atoms with Crippen LogP contribution in [0.5, 0.6) is 0 Å². The molecule has 0 unspecified atom stereocenters. The third kappa shape index (κ3) is 3.45. The van der Waals surface area contributed by atoms with Crippen molar-refractivity contribution in [3.8, 4) is 0 Å². The second kappa shape index (κ2) is 6.55. The maximum Gasteiger partial charge on any atom is 0.308 e. The number of nitrogens with zero attached hydrogens (tertiary/aromatic N) is 1. The number of aliphatic carboxylic acids is 1. The predicted octanol–water partition coefficient (Wildman–Crippen LogP) is 2.03. The molecule has 0 radical (unpaired) electrons. The van der Waals surface area contributed by atoms with E-state index in [4.69, 9.17) is 0 Å². The summed E-state index contributed by atoms with van der Waals surface area (Å²) >= 11 is 0. The average molecular weight is 353 g/mol. The summed E-state index contributed by atoms with van der Waals surface area (Å²) in [6.07, 6.45) is 2.27. The minimum atomic E-state index is -3.43. The van der Waals surface area contributed by atoms with Crippen LogP contribution >= 0.6 is 0 Å². The van der Waals surface area contributed by atoms with Crippen molar-refractivity contribution >= 4 is 21.7 Å². The first-order valence-electron chi connectivity index (χ1n) is 7.89. The minimum absolute atomic E-state index is 0.105. The van der Waals surface area contributed by atoms with E-state index in [1.165, 1.54) is 6.07 Å². The summed E-state index contributed by atoms with van der Waals surface area (Å²) in [4.78, 5) is 26.0. The van der Waals surface area contributed by atoms with Gasteiger partial charge in [0.1, 0.15) is 0 Å². The molecular weight excluding hydrogens is 330 g/mol. The van der Waals surface area contributed by atoms with E-state index < -0.39 is 27.8 Å². The number of rotatable bonds is 3. The van der Waals surface area contributed by atoms with Crippen LogP contribution in [0.1, 0.15) is 41.3 Å². The monoisotopic (exact) mass is 353 g/mol. The lowest BCUT2D eigenvalue weighted by Crippen LogP contribution is -2.49. The van der Waals surface area contributed by atoms with E-state index in [-0.39, 0.29) is 10.8 Å². The Morgan fingerprint density at radius 3 is 2.42 bits per heavy atom. The van der Waals surface area contributed by atoms with Gasteiger partial charge >= 0.3 is 5.97 Å². The number of amides is 1. The van der Waals surface area contributed by atoms with Crippen LogP contribution < -0.4 is 0 Å². The Morgan fingerprint density at radius 2 is 1.88 bits per heavy atom. The highest BCUT2D eigenvalue weighted by atomic mass is 32.2. The molecule has 1 N–H and O–H groups in total. The van der Waals surface area contributed by atoms with Crippen LogP contribution in [-0.2, 0) is 14.6 Å². The first-order valence-corrected chi connectivity index (χ1v) is 9.78. The van der Waals surface area contributed by atoms with Gasteiger partial charge in [0.25, 0.3) is 5.91 Å². The van der Waals surface area contributed by atoms with Crippen molar-refractivity contribution in [1.29, 1.82) is 0 Å². The largest absolute Gasteiger partial charge is 0.481 e. The van der Waals surface area contributed by atoms with Gasteiger partial charge in [0.05, 0.1) is 10.8 Å². The third-order valence-corrected chi connectivity index (χ3v) is 5.96. The molecular formula is C17H23NO5S. The summed E-state index contributed by atoms with van der Waals surface area (Å²) in [6, 6.07) is 2.53. The van der Waals surface area contributed by atoms with Crippen LogP contribution in [0.3, 0.4) is 0 Å². The smallest absolute Gasteiger partial charge is 0.308 e. The van der Waals surface area contributed by atoms with Gasteiger partial charge in [-0.3, -0.25) is 9.59 Å². The zero-order valence-electron chi connectivity index (χ0n) is 14.4. The highest BCUT2D eigenvalue weighted by molar-refractivity contribution is 7.90. The molecule has 0 saturated carbocycles. The first-order chi connectivity index (χ1) is 11.0. The van der Waals surface area contributed by atoms with Gasteiger partial charge in [-0.15, -0.1) is 0 Å². The Labute approximate surface area is 142 Å². The summed E-state index contributed by atoms with van der Waals surface area (Å²) in [5, 5.41) is 9.31. The van der Waals surface area contributed by atoms with E-state index in [1.54, 1.807) is 31.7 Å². The van der Waals surface area contributed by atoms with Gasteiger partial charge in [-0.05, 0) is 56.9 Å². The van der Waals surface area contributed by atoms with Gasteiger partial charge in [-0.2, -0.15) is 0 Å². The Kier molecular flexibility index (Phi) is 5.03. The van der Waals surface area contributed by atoms with Gasteiger partial charge in [0.2, 0.25) is 0 Å². The Hall–Kier alpha value is -1.89. The molecule has 24 heavy (non-hydrogen) atoms. The van der Waals surface area contributed by atoms with Crippen LogP contribution in [-0.4, -0.2) is 49.1 Å². The molecule has 0 spiro atoms. The van der Waals surface area contributed by atoms with Gasteiger partial charge in [0.15, 0.2) is 9.84 Å². The van der Waals surface area contributed by atoms with Crippen molar-refractivity contribution in [2.45, 2.75) is 44.6 Å². The van der Waals surface area contributed by atoms with Crippen LogP contribution in [0, 0.1) is 19.8 Å². The molecule has 1 aromatic carbocycles. The van der Waals surface area contributed by atoms with Gasteiger partial charge in [0, 0.05) is 24.4 Å². The normalized spacial score (nSPS) is 21.6. The zero-order chi connectivity index (χ0) is 18.2. The molecule has 7 heteroatoms. The fraction of sp³-hybridized carbons (Fsp3) is 0.529. The number of benzene rings is 1. The number of hydrogen-bond donors (Lipinski definition) is 1. The number of carbonyl (C=O) groups is 2. The Morgan fingerprint density at radius 1 is 1.25 bits per heavy atom. The highest BCUT2D eigenvalue weighted by Gasteiger charge is 2.36. The van der Waals surface area contributed by atoms with E-state index in [9.17, 15) is 23.1 Å². The van der Waals surface area contributed by atoms with Crippen molar-refractivity contribution < 1.29 is 23.1 Å². The predicted molar refractivity (Wildman–Crippen MR) is 89.9 cm³/mol. The van der Waals surface area contributed by atoms with Crippen molar-refractivity contribution in [3.63, 3.8) is 0 Å². The first kappa shape index (κ1) is 18.4. The summed E-state index contributed by atoms with van der Waals surface area (Å²) in [5.74, 6) is -1.81. The second-order valence-corrected chi connectivity index (χ2v) is 8.53. The van der Waals surface area contributed by atoms with E-state index in [0.717, 1.165) is 17.4 Å². The lowest BCUT2D eigenvalue weighted by atomic mass is 9.89. The lowest BCUT2D eigenvalue weighted by molar-refractivity contribution is -0.144. The number of carboxylic acid groups (broad SMARTS) is 1. The fourth-order valence-electron chi connectivity index (χ4n) is 3.18. The molecule has 6 nitrogen and oxygen atoms in total. The SMILES string of the molecule is Cc1cc(S(C)(=O)=O)cc(C(=O)N2CCC[C@@H](C(=O)O)[C@H]2C)c1C. The molecule has 1 saturated heterocycles. The molecule has 1 aliphatic heterocycles. The molecule has 1 heterocycles. The Balaban J connectivity index is 2.46. The van der Waals surface area contributed by atoms with Crippen molar-refractivity contribution in [1.82, 2.24) is 4.90 Å². The number of sulfone groups is 1. The average Bonchev–Trinajstić information content (AvgIpc) is 2.48. The van der Waals surface area contributed by atoms with E-state index in [1.807, 2.05) is 0 Å². The number of likely N-dealkylation sites (tertiary alicyclic amines) is 1. The maximum absolute atomic E-state index is 13.0. The molecule has 2 rings (SSSR count). The van der Waals surface area contributed by atoms with Crippen LogP contribution in [0.4, 0.5) is 0 Å². The van der Waals surface area contributed by atoms with Gasteiger partial charge in [-0.1, -0.05) is 0 Å². The standard InChI is InChI=1S/C17H23NO5S/c1-10-8-13(24(4,22)23)9-15(11(10)2)16(19)18-7-5-6-14(12(18)3)17(20)21/h8-9,12,14H,5-7H2,1-4H3,(H,20,21)/t12-,14-/m1/s1. The van der Waals surface area contributed by atoms with Crippen molar-refractivity contribution in [2.75, 3.05) is 12.8 Å². The van der Waals surface area contributed by atoms with Crippen molar-refractivity contribution in [2.24, 2.45) is 5.92 Å². The summed E-state index contributed by atoms with van der Waals surface area (Å²) < 4.78 is 23.7. The molecule has 1 aliphatic rings. The molecule has 1 fully saturated rings. The number of piperidine rings is 1. The fourth-order valence-corrected chi connectivity index (χ4v) is 3.90. The second-order valence-electron chi connectivity index (χ2n) is 6.51. The molecule has 0 bridgehead atoms. The molecule has 1 amide bonds. The highest BCUT2D eigenvalue weighted by Crippen LogP contribution is 2.28. The summed E-state index contributed by atoms with van der Waals surface area (Å²) in [6.45, 7) is 5.75. The van der Waals surface area contributed by atoms with Gasteiger partial charge in [-0.25, -0.2) is 8.42 Å². The van der Waals surface area contributed by atoms with Gasteiger partial charge < -0.3 is 10.0 Å². The molecule has 2 atom stereocenters. The molecule has 1 aromatic rings. The third-order valence-electron chi connectivity index (χ3n) is 4.87. The van der Waals surface area contributed by atoms with E-state index in [2.05, 4.69) is 0 Å². The van der Waals surface area contributed by atoms with Crippen LogP contribution in [0.2, 0.25) is 0 Å². The summed E-state index contributed by atoms with van der Waals surface area (Å²) in [7, 11) is -3.43. The maximum atomic E-state index is 13.0.